The third-order valence-corrected chi connectivity index (χ3v) is 6.39. The second-order valence-corrected chi connectivity index (χ2v) is 10.7. The number of hydrogen-bond acceptors (Lipinski definition) is 5. The highest BCUT2D eigenvalue weighted by Crippen LogP contribution is 2.26. The summed E-state index contributed by atoms with van der Waals surface area (Å²) in [5.74, 6) is -0.757. The normalized spacial score (nSPS) is 15.8. The van der Waals surface area contributed by atoms with E-state index in [0.29, 0.717) is 5.56 Å². The molecule has 1 aliphatic rings. The molecule has 1 fully saturated rings. The molecule has 0 bridgehead atoms. The number of ether oxygens (including phenoxy) is 1. The van der Waals surface area contributed by atoms with Crippen molar-refractivity contribution in [1.29, 1.82) is 0 Å². The van der Waals surface area contributed by atoms with Crippen molar-refractivity contribution >= 4 is 17.9 Å². The quantitative estimate of drug-likeness (QED) is 0.486. The van der Waals surface area contributed by atoms with Crippen LogP contribution >= 0.6 is 0 Å². The lowest BCUT2D eigenvalue weighted by Gasteiger charge is -2.33. The molecule has 0 aliphatic heterocycles. The summed E-state index contributed by atoms with van der Waals surface area (Å²) >= 11 is 0. The van der Waals surface area contributed by atoms with Gasteiger partial charge in [0.15, 0.2) is 0 Å². The van der Waals surface area contributed by atoms with E-state index in [4.69, 9.17) is 4.74 Å². The summed E-state index contributed by atoms with van der Waals surface area (Å²) < 4.78 is 5.41. The molecule has 2 unspecified atom stereocenters. The van der Waals surface area contributed by atoms with E-state index in [0.717, 1.165) is 37.7 Å². The molecular weight excluding hydrogens is 470 g/mol. The fraction of sp³-hybridized carbons (Fsp3) is 0.483. The van der Waals surface area contributed by atoms with Gasteiger partial charge in [-0.2, -0.15) is 0 Å². The van der Waals surface area contributed by atoms with Crippen LogP contribution in [-0.2, 0) is 20.7 Å². The van der Waals surface area contributed by atoms with E-state index in [-0.39, 0.29) is 24.1 Å². The predicted molar refractivity (Wildman–Crippen MR) is 142 cm³/mol. The van der Waals surface area contributed by atoms with E-state index in [2.05, 4.69) is 10.6 Å². The molecule has 0 radical (unpaired) electrons. The lowest BCUT2D eigenvalue weighted by atomic mass is 9.94. The molecule has 37 heavy (non-hydrogen) atoms. The third-order valence-electron chi connectivity index (χ3n) is 6.39. The lowest BCUT2D eigenvalue weighted by Crippen LogP contribution is -2.53. The fourth-order valence-corrected chi connectivity index (χ4v) is 4.65. The predicted octanol–water partition coefficient (Wildman–Crippen LogP) is 4.48. The smallest absolute Gasteiger partial charge is 0.408 e. The van der Waals surface area contributed by atoms with Gasteiger partial charge in [-0.25, -0.2) is 4.79 Å². The fourth-order valence-electron chi connectivity index (χ4n) is 4.65. The number of alkyl carbamates (subject to hydrolysis) is 1. The first-order valence-corrected chi connectivity index (χ1v) is 12.9. The Labute approximate surface area is 219 Å². The Kier molecular flexibility index (Phi) is 9.55. The van der Waals surface area contributed by atoms with Crippen molar-refractivity contribution < 1.29 is 24.2 Å². The number of likely N-dealkylation sites (N-methyl/N-ethyl adjacent to an activating group) is 1. The Hall–Kier alpha value is -3.55. The van der Waals surface area contributed by atoms with Crippen LogP contribution in [0.25, 0.3) is 0 Å². The summed E-state index contributed by atoms with van der Waals surface area (Å²) in [6.07, 6.45) is 4.56. The van der Waals surface area contributed by atoms with Crippen molar-refractivity contribution in [2.75, 3.05) is 7.05 Å². The number of aromatic hydroxyl groups is 1. The van der Waals surface area contributed by atoms with Crippen LogP contribution in [0.15, 0.2) is 54.6 Å². The minimum absolute atomic E-state index is 0.00142. The maximum Gasteiger partial charge on any atom is 0.408 e. The average molecular weight is 510 g/mol. The summed E-state index contributed by atoms with van der Waals surface area (Å²) in [6.45, 7) is 5.25. The van der Waals surface area contributed by atoms with Crippen LogP contribution in [-0.4, -0.2) is 52.6 Å². The maximum absolute atomic E-state index is 13.9. The summed E-state index contributed by atoms with van der Waals surface area (Å²) in [4.78, 5) is 41.4. The molecule has 3 rings (SSSR count). The minimum Gasteiger partial charge on any atom is -0.508 e. The lowest BCUT2D eigenvalue weighted by molar-refractivity contribution is -0.141. The number of nitrogens with one attached hydrogen (secondary N) is 2. The number of amides is 3. The SMILES string of the molecule is CN(C(=O)C(Cc1ccccc1)NC(=O)OC(C)(C)C)C(C(=O)NC1CCCCC1)c1cccc(O)c1. The number of phenolic OH excluding ortho intramolecular Hbond substituents is 1. The van der Waals surface area contributed by atoms with Gasteiger partial charge in [-0.3, -0.25) is 9.59 Å². The molecule has 2 atom stereocenters. The van der Waals surface area contributed by atoms with Gasteiger partial charge in [0.05, 0.1) is 0 Å². The molecular formula is C29H39N3O5. The number of phenols is 1. The molecule has 3 amide bonds. The van der Waals surface area contributed by atoms with Gasteiger partial charge in [-0.1, -0.05) is 61.7 Å². The van der Waals surface area contributed by atoms with Crippen LogP contribution in [0.3, 0.4) is 0 Å². The molecule has 0 saturated heterocycles. The van der Waals surface area contributed by atoms with Gasteiger partial charge in [0, 0.05) is 19.5 Å². The molecule has 200 valence electrons. The first kappa shape index (κ1) is 28.0. The van der Waals surface area contributed by atoms with Crippen LogP contribution in [0.5, 0.6) is 5.75 Å². The molecule has 1 aliphatic carbocycles. The molecule has 1 saturated carbocycles. The number of rotatable bonds is 8. The molecule has 2 aromatic rings. The van der Waals surface area contributed by atoms with Crippen molar-refractivity contribution in [2.45, 2.75) is 83.0 Å². The van der Waals surface area contributed by atoms with Crippen LogP contribution in [0.1, 0.15) is 70.0 Å². The van der Waals surface area contributed by atoms with Crippen LogP contribution in [0.2, 0.25) is 0 Å². The summed E-state index contributed by atoms with van der Waals surface area (Å²) in [5, 5.41) is 15.9. The highest BCUT2D eigenvalue weighted by Gasteiger charge is 2.35. The van der Waals surface area contributed by atoms with E-state index >= 15 is 0 Å². The van der Waals surface area contributed by atoms with E-state index < -0.39 is 29.7 Å². The van der Waals surface area contributed by atoms with Gasteiger partial charge < -0.3 is 25.4 Å². The summed E-state index contributed by atoms with van der Waals surface area (Å²) in [6, 6.07) is 13.8. The minimum atomic E-state index is -0.986. The second kappa shape index (κ2) is 12.6. The van der Waals surface area contributed by atoms with E-state index in [9.17, 15) is 19.5 Å². The molecule has 0 aromatic heterocycles. The first-order chi connectivity index (χ1) is 17.5. The van der Waals surface area contributed by atoms with E-state index in [1.54, 1.807) is 40.0 Å². The highest BCUT2D eigenvalue weighted by atomic mass is 16.6. The first-order valence-electron chi connectivity index (χ1n) is 12.9. The Morgan fingerprint density at radius 3 is 2.32 bits per heavy atom. The topological polar surface area (TPSA) is 108 Å². The number of carbonyl (C=O) groups is 3. The second-order valence-electron chi connectivity index (χ2n) is 10.7. The van der Waals surface area contributed by atoms with Crippen molar-refractivity contribution in [3.63, 3.8) is 0 Å². The largest absolute Gasteiger partial charge is 0.508 e. The number of nitrogens with zero attached hydrogens (tertiary/aromatic N) is 1. The molecule has 8 heteroatoms. The molecule has 0 heterocycles. The van der Waals surface area contributed by atoms with Gasteiger partial charge >= 0.3 is 6.09 Å². The number of carbonyl (C=O) groups excluding carboxylic acids is 3. The van der Waals surface area contributed by atoms with Crippen LogP contribution in [0.4, 0.5) is 4.79 Å². The zero-order chi connectivity index (χ0) is 27.0. The Morgan fingerprint density at radius 1 is 1.03 bits per heavy atom. The highest BCUT2D eigenvalue weighted by molar-refractivity contribution is 5.92. The van der Waals surface area contributed by atoms with E-state index in [1.165, 1.54) is 17.0 Å². The maximum atomic E-state index is 13.9. The molecule has 8 nitrogen and oxygen atoms in total. The van der Waals surface area contributed by atoms with Crippen LogP contribution < -0.4 is 10.6 Å². The zero-order valence-electron chi connectivity index (χ0n) is 22.2. The Morgan fingerprint density at radius 2 is 1.70 bits per heavy atom. The zero-order valence-corrected chi connectivity index (χ0v) is 22.2. The van der Waals surface area contributed by atoms with Gasteiger partial charge in [0.1, 0.15) is 23.4 Å². The van der Waals surface area contributed by atoms with E-state index in [1.807, 2.05) is 30.3 Å². The molecule has 2 aromatic carbocycles. The van der Waals surface area contributed by atoms with Crippen molar-refractivity contribution in [3.05, 3.63) is 65.7 Å². The third kappa shape index (κ3) is 8.51. The van der Waals surface area contributed by atoms with Crippen molar-refractivity contribution in [2.24, 2.45) is 0 Å². The Bertz CT molecular complexity index is 1060. The molecule has 0 spiro atoms. The summed E-state index contributed by atoms with van der Waals surface area (Å²) in [5.41, 5.74) is 0.603. The van der Waals surface area contributed by atoms with Crippen molar-refractivity contribution in [3.8, 4) is 5.75 Å². The van der Waals surface area contributed by atoms with Gasteiger partial charge in [-0.15, -0.1) is 0 Å². The molecule has 3 N–H and O–H groups in total. The summed E-state index contributed by atoms with van der Waals surface area (Å²) in [7, 11) is 1.55. The van der Waals surface area contributed by atoms with Gasteiger partial charge in [0.2, 0.25) is 11.8 Å². The standard InChI is InChI=1S/C29H39N3O5/c1-29(2,3)37-28(36)31-24(18-20-12-7-5-8-13-20)27(35)32(4)25(21-14-11-17-23(33)19-21)26(34)30-22-15-9-6-10-16-22/h5,7-8,11-14,17,19,22,24-25,33H,6,9-10,15-16,18H2,1-4H3,(H,30,34)(H,31,36). The van der Waals surface area contributed by atoms with Crippen molar-refractivity contribution in [1.82, 2.24) is 15.5 Å². The average Bonchev–Trinajstić information content (AvgIpc) is 2.83. The Balaban J connectivity index is 1.89. The monoisotopic (exact) mass is 509 g/mol. The van der Waals surface area contributed by atoms with Gasteiger partial charge in [-0.05, 0) is 56.9 Å². The van der Waals surface area contributed by atoms with Gasteiger partial charge in [0.25, 0.3) is 0 Å². The van der Waals surface area contributed by atoms with Crippen LogP contribution in [0, 0.1) is 0 Å². The number of benzene rings is 2. The number of hydrogen-bond donors (Lipinski definition) is 3.